The number of aryl methyl sites for hydroxylation is 1. The summed E-state index contributed by atoms with van der Waals surface area (Å²) in [5.41, 5.74) is 1.20. The third-order valence-electron chi connectivity index (χ3n) is 2.22. The molecular weight excluding hydrogens is 410 g/mol. The van der Waals surface area contributed by atoms with E-state index in [2.05, 4.69) is 28.7 Å². The average Bonchev–Trinajstić information content (AvgIpc) is 2.54. The van der Waals surface area contributed by atoms with E-state index in [9.17, 15) is 4.57 Å². The average molecular weight is 432 g/mol. The molecule has 1 aromatic heterocycles. The molecule has 0 atom stereocenters. The van der Waals surface area contributed by atoms with E-state index in [1.807, 2.05) is 34.6 Å². The lowest BCUT2D eigenvalue weighted by Crippen LogP contribution is -2.11. The topological polar surface area (TPSA) is 44.8 Å². The summed E-state index contributed by atoms with van der Waals surface area (Å²) in [6.07, 6.45) is -0.336. The van der Waals surface area contributed by atoms with Crippen LogP contribution in [0, 0.1) is 9.81 Å². The Morgan fingerprint density at radius 2 is 1.80 bits per heavy atom. The molecule has 1 aromatic rings. The molecule has 0 saturated carbocycles. The summed E-state index contributed by atoms with van der Waals surface area (Å²) in [7, 11) is -3.20. The Morgan fingerprint density at radius 3 is 2.20 bits per heavy atom. The zero-order valence-corrected chi connectivity index (χ0v) is 16.4. The predicted molar refractivity (Wildman–Crippen MR) is 91.5 cm³/mol. The lowest BCUT2D eigenvalue weighted by Gasteiger charge is -2.22. The van der Waals surface area contributed by atoms with Crippen molar-refractivity contribution >= 4 is 41.5 Å². The smallest absolute Gasteiger partial charge is 0.356 e. The van der Waals surface area contributed by atoms with Crippen molar-refractivity contribution in [2.45, 2.75) is 53.4 Å². The van der Waals surface area contributed by atoms with Crippen molar-refractivity contribution < 1.29 is 18.3 Å². The maximum atomic E-state index is 12.5. The molecule has 0 N–H and O–H groups in total. The summed E-state index contributed by atoms with van der Waals surface area (Å²) >= 11 is 3.97. The van der Waals surface area contributed by atoms with E-state index in [0.29, 0.717) is 6.61 Å². The van der Waals surface area contributed by atoms with Crippen molar-refractivity contribution in [3.8, 4) is 0 Å². The molecule has 20 heavy (non-hydrogen) atoms. The molecule has 0 amide bonds. The molecule has 7 heteroatoms. The second kappa shape index (κ2) is 8.25. The molecule has 0 unspecified atom stereocenters. The van der Waals surface area contributed by atoms with Gasteiger partial charge in [-0.05, 0) is 68.8 Å². The maximum Gasteiger partial charge on any atom is 0.356 e. The highest BCUT2D eigenvalue weighted by molar-refractivity contribution is 14.1. The Bertz CT molecular complexity index is 459. The molecule has 4 nitrogen and oxygen atoms in total. The SMILES string of the molecule is Cc1cc(I)sc1COCP(=O)(OC(C)C)OC(C)C. The number of thiophene rings is 1. The highest BCUT2D eigenvalue weighted by atomic mass is 127. The standard InChI is InChI=1S/C13H22IO4PS/c1-9(2)17-19(15,18-10(3)4)8-16-7-12-11(5)6-13(14)20-12/h6,9-10H,7-8H2,1-5H3. The number of hydrogen-bond acceptors (Lipinski definition) is 5. The lowest BCUT2D eigenvalue weighted by atomic mass is 10.3. The summed E-state index contributed by atoms with van der Waals surface area (Å²) in [5, 5.41) is 0. The zero-order valence-electron chi connectivity index (χ0n) is 12.5. The van der Waals surface area contributed by atoms with E-state index in [4.69, 9.17) is 13.8 Å². The highest BCUT2D eigenvalue weighted by Crippen LogP contribution is 2.50. The molecule has 0 aliphatic carbocycles. The minimum absolute atomic E-state index is 0.0166. The molecule has 0 radical (unpaired) electrons. The van der Waals surface area contributed by atoms with Crippen molar-refractivity contribution in [3.05, 3.63) is 19.4 Å². The first-order valence-electron chi connectivity index (χ1n) is 6.50. The Labute approximate surface area is 138 Å². The van der Waals surface area contributed by atoms with E-state index in [0.717, 1.165) is 4.88 Å². The molecule has 0 aliphatic heterocycles. The summed E-state index contributed by atoms with van der Waals surface area (Å²) in [6.45, 7) is 9.83. The van der Waals surface area contributed by atoms with Gasteiger partial charge in [0.15, 0.2) is 0 Å². The fourth-order valence-corrected chi connectivity index (χ4v) is 5.47. The summed E-state index contributed by atoms with van der Waals surface area (Å²) in [6, 6.07) is 2.11. The summed E-state index contributed by atoms with van der Waals surface area (Å²) in [5.74, 6) is 0. The van der Waals surface area contributed by atoms with E-state index in [-0.39, 0.29) is 18.6 Å². The molecule has 0 aromatic carbocycles. The Kier molecular flexibility index (Phi) is 7.66. The molecule has 1 heterocycles. The third-order valence-corrected chi connectivity index (χ3v) is 6.17. The van der Waals surface area contributed by atoms with Crippen LogP contribution >= 0.6 is 41.5 Å². The first-order valence-corrected chi connectivity index (χ1v) is 10.1. The van der Waals surface area contributed by atoms with Crippen molar-refractivity contribution in [1.29, 1.82) is 0 Å². The number of ether oxygens (including phenoxy) is 1. The van der Waals surface area contributed by atoms with Crippen LogP contribution in [-0.4, -0.2) is 18.6 Å². The van der Waals surface area contributed by atoms with Crippen molar-refractivity contribution in [2.75, 3.05) is 6.35 Å². The third kappa shape index (κ3) is 6.54. The second-order valence-corrected chi connectivity index (χ2v) is 9.99. The highest BCUT2D eigenvalue weighted by Gasteiger charge is 2.28. The first kappa shape index (κ1) is 18.6. The largest absolute Gasteiger partial charge is 0.363 e. The Balaban J connectivity index is 2.58. The molecule has 116 valence electrons. The summed E-state index contributed by atoms with van der Waals surface area (Å²) in [4.78, 5) is 1.15. The Morgan fingerprint density at radius 1 is 1.25 bits per heavy atom. The quantitative estimate of drug-likeness (QED) is 0.420. The van der Waals surface area contributed by atoms with Gasteiger partial charge in [0, 0.05) is 4.88 Å². The van der Waals surface area contributed by atoms with Crippen molar-refractivity contribution in [3.63, 3.8) is 0 Å². The van der Waals surface area contributed by atoms with Gasteiger partial charge in [0.25, 0.3) is 0 Å². The monoisotopic (exact) mass is 432 g/mol. The molecule has 0 spiro atoms. The lowest BCUT2D eigenvalue weighted by molar-refractivity contribution is 0.0938. The van der Waals surface area contributed by atoms with Crippen LogP contribution in [0.3, 0.4) is 0 Å². The Hall–Kier alpha value is 0.540. The molecule has 0 bridgehead atoms. The molecule has 0 fully saturated rings. The van der Waals surface area contributed by atoms with Crippen LogP contribution in [0.2, 0.25) is 0 Å². The maximum absolute atomic E-state index is 12.5. The van der Waals surface area contributed by atoms with Crippen LogP contribution in [0.1, 0.15) is 38.1 Å². The van der Waals surface area contributed by atoms with Crippen molar-refractivity contribution in [2.24, 2.45) is 0 Å². The number of rotatable bonds is 8. The van der Waals surface area contributed by atoms with E-state index < -0.39 is 7.60 Å². The number of halogens is 1. The van der Waals surface area contributed by atoms with Crippen LogP contribution < -0.4 is 0 Å². The second-order valence-electron chi connectivity index (χ2n) is 5.05. The molecule has 1 rings (SSSR count). The van der Waals surface area contributed by atoms with E-state index in [1.165, 1.54) is 8.45 Å². The van der Waals surface area contributed by atoms with Crippen LogP contribution in [0.15, 0.2) is 6.07 Å². The predicted octanol–water partition coefficient (Wildman–Crippen LogP) is 5.18. The van der Waals surface area contributed by atoms with Crippen molar-refractivity contribution in [1.82, 2.24) is 0 Å². The molecule has 0 saturated heterocycles. The number of hydrogen-bond donors (Lipinski definition) is 0. The van der Waals surface area contributed by atoms with E-state index in [1.54, 1.807) is 11.3 Å². The van der Waals surface area contributed by atoms with Gasteiger partial charge in [0.2, 0.25) is 0 Å². The van der Waals surface area contributed by atoms with Gasteiger partial charge in [-0.2, -0.15) is 0 Å². The zero-order chi connectivity index (χ0) is 15.3. The van der Waals surface area contributed by atoms with Crippen LogP contribution in [0.4, 0.5) is 0 Å². The fraction of sp³-hybridized carbons (Fsp3) is 0.692. The van der Waals surface area contributed by atoms with Gasteiger partial charge in [-0.25, -0.2) is 0 Å². The van der Waals surface area contributed by atoms with Gasteiger partial charge in [0.05, 0.1) is 21.7 Å². The van der Waals surface area contributed by atoms with Gasteiger partial charge in [-0.3, -0.25) is 4.57 Å². The summed E-state index contributed by atoms with van der Waals surface area (Å²) < 4.78 is 30.2. The van der Waals surface area contributed by atoms with Crippen LogP contribution in [0.5, 0.6) is 0 Å². The minimum Gasteiger partial charge on any atom is -0.363 e. The first-order chi connectivity index (χ1) is 9.22. The van der Waals surface area contributed by atoms with E-state index >= 15 is 0 Å². The minimum atomic E-state index is -3.20. The fourth-order valence-electron chi connectivity index (χ4n) is 1.60. The molecular formula is C13H22IO4PS. The van der Waals surface area contributed by atoms with Gasteiger partial charge in [0.1, 0.15) is 6.35 Å². The van der Waals surface area contributed by atoms with Crippen LogP contribution in [0.25, 0.3) is 0 Å². The van der Waals surface area contributed by atoms with Gasteiger partial charge in [-0.15, -0.1) is 11.3 Å². The van der Waals surface area contributed by atoms with Gasteiger partial charge < -0.3 is 13.8 Å². The van der Waals surface area contributed by atoms with Gasteiger partial charge >= 0.3 is 7.60 Å². The normalized spacial score (nSPS) is 12.6. The van der Waals surface area contributed by atoms with Gasteiger partial charge in [-0.1, -0.05) is 0 Å². The molecule has 0 aliphatic rings. The van der Waals surface area contributed by atoms with Crippen LogP contribution in [-0.2, 0) is 25.0 Å².